The van der Waals surface area contributed by atoms with Gasteiger partial charge in [0, 0.05) is 17.6 Å². The fourth-order valence-corrected chi connectivity index (χ4v) is 4.26. The number of carbonyl (C=O) groups excluding carboxylic acids is 2. The van der Waals surface area contributed by atoms with Crippen LogP contribution < -0.4 is 4.74 Å². The number of carbonyl (C=O) groups is 2. The molecule has 0 bridgehead atoms. The highest BCUT2D eigenvalue weighted by atomic mass is 35.5. The van der Waals surface area contributed by atoms with Gasteiger partial charge in [0.05, 0.1) is 34.9 Å². The van der Waals surface area contributed by atoms with Crippen molar-refractivity contribution < 1.29 is 19.1 Å². The van der Waals surface area contributed by atoms with Crippen molar-refractivity contribution in [3.8, 4) is 5.75 Å². The van der Waals surface area contributed by atoms with Crippen molar-refractivity contribution in [2.75, 3.05) is 20.8 Å². The molecule has 0 N–H and O–H groups in total. The van der Waals surface area contributed by atoms with Gasteiger partial charge in [-0.05, 0) is 61.2 Å². The number of ether oxygens (including phenoxy) is 2. The molecule has 2 aromatic carbocycles. The lowest BCUT2D eigenvalue weighted by Crippen LogP contribution is -2.23. The molecule has 0 atom stereocenters. The molecule has 0 aromatic heterocycles. The van der Waals surface area contributed by atoms with E-state index >= 15 is 0 Å². The van der Waals surface area contributed by atoms with Crippen molar-refractivity contribution in [3.63, 3.8) is 0 Å². The first-order valence-corrected chi connectivity index (χ1v) is 10.5. The van der Waals surface area contributed by atoms with E-state index in [2.05, 4.69) is 4.99 Å². The fourth-order valence-electron chi connectivity index (χ4n) is 2.69. The van der Waals surface area contributed by atoms with Gasteiger partial charge in [-0.1, -0.05) is 23.2 Å². The molecule has 0 unspecified atom stereocenters. The van der Waals surface area contributed by atoms with Gasteiger partial charge < -0.3 is 9.47 Å². The molecule has 2 aromatic rings. The number of halogens is 2. The van der Waals surface area contributed by atoms with E-state index in [1.807, 2.05) is 0 Å². The maximum Gasteiger partial charge on any atom is 0.338 e. The second-order valence-corrected chi connectivity index (χ2v) is 8.00. The second kappa shape index (κ2) is 9.55. The van der Waals surface area contributed by atoms with E-state index in [1.165, 1.54) is 23.8 Å². The zero-order valence-electron chi connectivity index (χ0n) is 16.4. The van der Waals surface area contributed by atoms with Crippen molar-refractivity contribution in [3.05, 3.63) is 62.5 Å². The van der Waals surface area contributed by atoms with Crippen LogP contribution in [0.25, 0.3) is 6.08 Å². The van der Waals surface area contributed by atoms with Gasteiger partial charge in [0.25, 0.3) is 5.91 Å². The van der Waals surface area contributed by atoms with Crippen molar-refractivity contribution >= 4 is 63.8 Å². The average molecular weight is 465 g/mol. The molecule has 1 heterocycles. The Morgan fingerprint density at radius 3 is 2.57 bits per heavy atom. The minimum atomic E-state index is -0.390. The highest BCUT2D eigenvalue weighted by Crippen LogP contribution is 2.38. The Hall–Kier alpha value is -2.48. The molecule has 3 rings (SSSR count). The van der Waals surface area contributed by atoms with Crippen LogP contribution in [0.2, 0.25) is 10.0 Å². The summed E-state index contributed by atoms with van der Waals surface area (Å²) in [6.07, 6.45) is 1.67. The predicted octanol–water partition coefficient (Wildman–Crippen LogP) is 5.41. The molecule has 0 saturated carbocycles. The number of hydrogen-bond donors (Lipinski definition) is 0. The first-order chi connectivity index (χ1) is 14.3. The Morgan fingerprint density at radius 1 is 1.23 bits per heavy atom. The van der Waals surface area contributed by atoms with E-state index in [9.17, 15) is 9.59 Å². The molecule has 1 aliphatic rings. The molecule has 6 nitrogen and oxygen atoms in total. The Morgan fingerprint density at radius 2 is 1.93 bits per heavy atom. The van der Waals surface area contributed by atoms with Gasteiger partial charge in [0.15, 0.2) is 5.17 Å². The maximum absolute atomic E-state index is 12.7. The van der Waals surface area contributed by atoms with Crippen molar-refractivity contribution in [1.82, 2.24) is 4.90 Å². The van der Waals surface area contributed by atoms with Crippen molar-refractivity contribution in [1.29, 1.82) is 0 Å². The zero-order valence-corrected chi connectivity index (χ0v) is 18.8. The largest absolute Gasteiger partial charge is 0.495 e. The van der Waals surface area contributed by atoms with Crippen LogP contribution in [-0.4, -0.2) is 42.7 Å². The lowest BCUT2D eigenvalue weighted by Gasteiger charge is -2.08. The van der Waals surface area contributed by atoms with Gasteiger partial charge in [-0.3, -0.25) is 9.69 Å². The number of aliphatic imine (C=N–C) groups is 1. The number of nitrogens with zero attached hydrogens (tertiary/aromatic N) is 2. The topological polar surface area (TPSA) is 68.2 Å². The SMILES string of the molecule is CCOC(=O)c1ccc(N=C2S/C(=C/c3cc(Cl)cc(Cl)c3OC)C(=O)N2C)cc1. The van der Waals surface area contributed by atoms with Crippen LogP contribution in [0.15, 0.2) is 46.3 Å². The molecular formula is C21H18Cl2N2O4S. The van der Waals surface area contributed by atoms with E-state index in [4.69, 9.17) is 32.7 Å². The molecule has 0 aliphatic carbocycles. The van der Waals surface area contributed by atoms with Crippen LogP contribution in [0.4, 0.5) is 5.69 Å². The summed E-state index contributed by atoms with van der Waals surface area (Å²) in [5.41, 5.74) is 1.64. The molecule has 1 aliphatic heterocycles. The van der Waals surface area contributed by atoms with Crippen molar-refractivity contribution in [2.45, 2.75) is 6.92 Å². The number of hydrogen-bond acceptors (Lipinski definition) is 6. The van der Waals surface area contributed by atoms with Crippen LogP contribution in [0.3, 0.4) is 0 Å². The smallest absolute Gasteiger partial charge is 0.338 e. The summed E-state index contributed by atoms with van der Waals surface area (Å²) in [5.74, 6) is -0.164. The second-order valence-electron chi connectivity index (χ2n) is 6.15. The number of likely N-dealkylation sites (N-methyl/N-ethyl adjacent to an activating group) is 1. The summed E-state index contributed by atoms with van der Waals surface area (Å²) in [4.78, 5) is 30.9. The summed E-state index contributed by atoms with van der Waals surface area (Å²) >= 11 is 13.5. The molecule has 1 amide bonds. The zero-order chi connectivity index (χ0) is 21.8. The summed E-state index contributed by atoms with van der Waals surface area (Å²) in [7, 11) is 3.14. The molecule has 0 radical (unpaired) electrons. The third-order valence-corrected chi connectivity index (χ3v) is 5.69. The normalized spacial score (nSPS) is 16.4. The van der Waals surface area contributed by atoms with Crippen LogP contribution in [0.5, 0.6) is 5.75 Å². The monoisotopic (exact) mass is 464 g/mol. The van der Waals surface area contributed by atoms with Gasteiger partial charge in [-0.25, -0.2) is 9.79 Å². The van der Waals surface area contributed by atoms with E-state index in [0.717, 1.165) is 0 Å². The number of esters is 1. The number of methoxy groups -OCH3 is 1. The van der Waals surface area contributed by atoms with Gasteiger partial charge in [-0.2, -0.15) is 0 Å². The number of benzene rings is 2. The van der Waals surface area contributed by atoms with Crippen LogP contribution in [-0.2, 0) is 9.53 Å². The quantitative estimate of drug-likeness (QED) is 0.436. The summed E-state index contributed by atoms with van der Waals surface area (Å²) in [6.45, 7) is 2.06. The van der Waals surface area contributed by atoms with Crippen LogP contribution in [0.1, 0.15) is 22.8 Å². The third-order valence-electron chi connectivity index (χ3n) is 4.13. The number of thioether (sulfide) groups is 1. The lowest BCUT2D eigenvalue weighted by atomic mass is 10.2. The summed E-state index contributed by atoms with van der Waals surface area (Å²) < 4.78 is 10.3. The first-order valence-electron chi connectivity index (χ1n) is 8.90. The van der Waals surface area contributed by atoms with E-state index in [0.29, 0.717) is 49.3 Å². The number of rotatable bonds is 5. The molecular weight excluding hydrogens is 447 g/mol. The molecule has 9 heteroatoms. The number of amidine groups is 1. The Balaban J connectivity index is 1.88. The molecule has 1 saturated heterocycles. The van der Waals surface area contributed by atoms with Gasteiger partial charge in [0.1, 0.15) is 5.75 Å². The first kappa shape index (κ1) is 22.2. The molecule has 156 valence electrons. The lowest BCUT2D eigenvalue weighted by molar-refractivity contribution is -0.121. The Kier molecular flexibility index (Phi) is 7.07. The van der Waals surface area contributed by atoms with Gasteiger partial charge in [-0.15, -0.1) is 0 Å². The average Bonchev–Trinajstić information content (AvgIpc) is 2.96. The summed E-state index contributed by atoms with van der Waals surface area (Å²) in [5, 5.41) is 1.30. The van der Waals surface area contributed by atoms with E-state index < -0.39 is 5.97 Å². The highest BCUT2D eigenvalue weighted by molar-refractivity contribution is 8.18. The number of amides is 1. The standard InChI is InChI=1S/C21H18Cl2N2O4S/c1-4-29-20(27)12-5-7-15(8-6-12)24-21-25(2)19(26)17(30-21)10-13-9-14(22)11-16(23)18(13)28-3/h5-11H,4H2,1-3H3/b17-10+,24-21?. The fraction of sp³-hybridized carbons (Fsp3) is 0.190. The van der Waals surface area contributed by atoms with Gasteiger partial charge in [0.2, 0.25) is 0 Å². The minimum absolute atomic E-state index is 0.208. The molecule has 0 spiro atoms. The third kappa shape index (κ3) is 4.80. The van der Waals surface area contributed by atoms with Crippen molar-refractivity contribution in [2.24, 2.45) is 4.99 Å². The molecule has 30 heavy (non-hydrogen) atoms. The summed E-state index contributed by atoms with van der Waals surface area (Å²) in [6, 6.07) is 9.91. The van der Waals surface area contributed by atoms with E-state index in [-0.39, 0.29) is 5.91 Å². The highest BCUT2D eigenvalue weighted by Gasteiger charge is 2.30. The Labute approximate surface area is 188 Å². The van der Waals surface area contributed by atoms with Crippen LogP contribution >= 0.6 is 35.0 Å². The van der Waals surface area contributed by atoms with Gasteiger partial charge >= 0.3 is 5.97 Å². The predicted molar refractivity (Wildman–Crippen MR) is 121 cm³/mol. The minimum Gasteiger partial charge on any atom is -0.495 e. The molecule has 1 fully saturated rings. The van der Waals surface area contributed by atoms with Crippen LogP contribution in [0, 0.1) is 0 Å². The Bertz CT molecular complexity index is 1050. The van der Waals surface area contributed by atoms with E-state index in [1.54, 1.807) is 56.4 Å². The maximum atomic E-state index is 12.7.